The molecule has 0 amide bonds. The molecule has 1 aromatic rings. The Balaban J connectivity index is 1.91. The maximum Gasteiger partial charge on any atom is 0.150 e. The Morgan fingerprint density at radius 3 is 2.76 bits per heavy atom. The summed E-state index contributed by atoms with van der Waals surface area (Å²) in [6.45, 7) is 5.67. The van der Waals surface area contributed by atoms with E-state index in [-0.39, 0.29) is 0 Å². The molecule has 0 radical (unpaired) electrons. The van der Waals surface area contributed by atoms with Crippen LogP contribution in [-0.2, 0) is 6.42 Å². The molecule has 0 atom stereocenters. The first-order valence-corrected chi connectivity index (χ1v) is 7.30. The molecule has 0 aliphatic carbocycles. The van der Waals surface area contributed by atoms with Crippen LogP contribution in [0.25, 0.3) is 0 Å². The van der Waals surface area contributed by atoms with Gasteiger partial charge in [0.1, 0.15) is 6.29 Å². The molecule has 0 aromatic heterocycles. The molecule has 17 heavy (non-hydrogen) atoms. The molecule has 3 heteroatoms. The number of carbonyl (C=O) groups excluding carboxylic acids is 1. The number of nitrogens with zero attached hydrogens (tertiary/aromatic N) is 1. The fraction of sp³-hybridized carbons (Fsp3) is 0.500. The molecule has 1 fully saturated rings. The summed E-state index contributed by atoms with van der Waals surface area (Å²) in [5.41, 5.74) is 3.38. The van der Waals surface area contributed by atoms with E-state index in [0.29, 0.717) is 0 Å². The molecule has 0 bridgehead atoms. The zero-order valence-corrected chi connectivity index (χ0v) is 11.1. The zero-order valence-electron chi connectivity index (χ0n) is 10.3. The Morgan fingerprint density at radius 1 is 1.35 bits per heavy atom. The van der Waals surface area contributed by atoms with Gasteiger partial charge in [0.15, 0.2) is 0 Å². The van der Waals surface area contributed by atoms with Crippen LogP contribution in [0.15, 0.2) is 18.2 Å². The van der Waals surface area contributed by atoms with Crippen LogP contribution in [0.2, 0.25) is 0 Å². The summed E-state index contributed by atoms with van der Waals surface area (Å²) in [6.07, 6.45) is 2.01. The van der Waals surface area contributed by atoms with Crippen molar-refractivity contribution in [2.24, 2.45) is 0 Å². The normalized spacial score (nSPS) is 17.0. The van der Waals surface area contributed by atoms with Gasteiger partial charge in [0.2, 0.25) is 0 Å². The Morgan fingerprint density at radius 2 is 2.12 bits per heavy atom. The van der Waals surface area contributed by atoms with Crippen LogP contribution in [0.4, 0.5) is 0 Å². The lowest BCUT2D eigenvalue weighted by atomic mass is 10.0. The van der Waals surface area contributed by atoms with Gasteiger partial charge in [-0.2, -0.15) is 11.8 Å². The quantitative estimate of drug-likeness (QED) is 0.764. The van der Waals surface area contributed by atoms with Crippen LogP contribution < -0.4 is 0 Å². The molecule has 2 rings (SSSR count). The second-order valence-electron chi connectivity index (χ2n) is 4.51. The Bertz CT molecular complexity index is 386. The van der Waals surface area contributed by atoms with Gasteiger partial charge < -0.3 is 4.90 Å². The lowest BCUT2D eigenvalue weighted by Gasteiger charge is -2.26. The largest absolute Gasteiger partial charge is 0.301 e. The monoisotopic (exact) mass is 249 g/mol. The van der Waals surface area contributed by atoms with Crippen LogP contribution >= 0.6 is 11.8 Å². The van der Waals surface area contributed by atoms with Crippen molar-refractivity contribution in [1.29, 1.82) is 0 Å². The molecule has 0 saturated carbocycles. The SMILES string of the molecule is Cc1cc(C=O)ccc1CCN1CCSCC1. The van der Waals surface area contributed by atoms with Crippen LogP contribution in [0.1, 0.15) is 21.5 Å². The minimum Gasteiger partial charge on any atom is -0.301 e. The fourth-order valence-corrected chi connectivity index (χ4v) is 3.15. The molecular formula is C14H19NOS. The maximum atomic E-state index is 10.7. The Hall–Kier alpha value is -0.800. The van der Waals surface area contributed by atoms with Gasteiger partial charge in [-0.15, -0.1) is 0 Å². The summed E-state index contributed by atoms with van der Waals surface area (Å²) in [5, 5.41) is 0. The van der Waals surface area contributed by atoms with Gasteiger partial charge in [-0.3, -0.25) is 4.79 Å². The summed E-state index contributed by atoms with van der Waals surface area (Å²) in [4.78, 5) is 13.2. The Kier molecular flexibility index (Phi) is 4.63. The number of aldehydes is 1. The number of hydrogen-bond donors (Lipinski definition) is 0. The molecular weight excluding hydrogens is 230 g/mol. The first kappa shape index (κ1) is 12.7. The van der Waals surface area contributed by atoms with Gasteiger partial charge in [-0.05, 0) is 30.5 Å². The standard InChI is InChI=1S/C14H19NOS/c1-12-10-13(11-16)2-3-14(12)4-5-15-6-8-17-9-7-15/h2-3,10-11H,4-9H2,1H3. The average molecular weight is 249 g/mol. The molecule has 1 heterocycles. The number of aryl methyl sites for hydroxylation is 1. The predicted molar refractivity (Wildman–Crippen MR) is 74.0 cm³/mol. The van der Waals surface area contributed by atoms with Gasteiger partial charge in [-0.25, -0.2) is 0 Å². The summed E-state index contributed by atoms with van der Waals surface area (Å²) in [5.74, 6) is 2.53. The lowest BCUT2D eigenvalue weighted by Crippen LogP contribution is -2.34. The van der Waals surface area contributed by atoms with Crippen LogP contribution in [-0.4, -0.2) is 42.3 Å². The van der Waals surface area contributed by atoms with E-state index in [4.69, 9.17) is 0 Å². The summed E-state index contributed by atoms with van der Waals surface area (Å²) in [6, 6.07) is 5.99. The fourth-order valence-electron chi connectivity index (χ4n) is 2.18. The number of rotatable bonds is 4. The average Bonchev–Trinajstić information content (AvgIpc) is 2.38. The number of carbonyl (C=O) groups is 1. The highest BCUT2D eigenvalue weighted by molar-refractivity contribution is 7.99. The molecule has 1 aromatic carbocycles. The summed E-state index contributed by atoms with van der Waals surface area (Å²) < 4.78 is 0. The van der Waals surface area contributed by atoms with Crippen molar-refractivity contribution < 1.29 is 4.79 Å². The van der Waals surface area contributed by atoms with Crippen molar-refractivity contribution >= 4 is 18.0 Å². The van der Waals surface area contributed by atoms with Gasteiger partial charge in [0.25, 0.3) is 0 Å². The Labute approximate surface area is 107 Å². The highest BCUT2D eigenvalue weighted by Crippen LogP contribution is 2.13. The predicted octanol–water partition coefficient (Wildman–Crippen LogP) is 2.40. The van der Waals surface area contributed by atoms with E-state index in [1.165, 1.54) is 35.7 Å². The van der Waals surface area contributed by atoms with Gasteiger partial charge in [-0.1, -0.05) is 12.1 Å². The highest BCUT2D eigenvalue weighted by atomic mass is 32.2. The number of hydrogen-bond acceptors (Lipinski definition) is 3. The summed E-state index contributed by atoms with van der Waals surface area (Å²) >= 11 is 2.05. The maximum absolute atomic E-state index is 10.7. The van der Waals surface area contributed by atoms with E-state index in [1.54, 1.807) is 0 Å². The third-order valence-corrected chi connectivity index (χ3v) is 4.25. The topological polar surface area (TPSA) is 20.3 Å². The first-order valence-electron chi connectivity index (χ1n) is 6.14. The number of thioether (sulfide) groups is 1. The minimum absolute atomic E-state index is 0.778. The first-order chi connectivity index (χ1) is 8.29. The third-order valence-electron chi connectivity index (χ3n) is 3.30. The molecule has 2 nitrogen and oxygen atoms in total. The van der Waals surface area contributed by atoms with Crippen molar-refractivity contribution in [3.05, 3.63) is 34.9 Å². The van der Waals surface area contributed by atoms with Gasteiger partial charge >= 0.3 is 0 Å². The molecule has 0 unspecified atom stereocenters. The highest BCUT2D eigenvalue weighted by Gasteiger charge is 2.10. The van der Waals surface area contributed by atoms with Gasteiger partial charge in [0, 0.05) is 36.7 Å². The van der Waals surface area contributed by atoms with Gasteiger partial charge in [0.05, 0.1) is 0 Å². The third kappa shape index (κ3) is 3.58. The van der Waals surface area contributed by atoms with Crippen molar-refractivity contribution in [1.82, 2.24) is 4.90 Å². The van der Waals surface area contributed by atoms with E-state index >= 15 is 0 Å². The second-order valence-corrected chi connectivity index (χ2v) is 5.73. The number of benzene rings is 1. The van der Waals surface area contributed by atoms with E-state index in [1.807, 2.05) is 23.9 Å². The van der Waals surface area contributed by atoms with Crippen molar-refractivity contribution in [3.63, 3.8) is 0 Å². The van der Waals surface area contributed by atoms with Crippen LogP contribution in [0.5, 0.6) is 0 Å². The second kappa shape index (κ2) is 6.22. The van der Waals surface area contributed by atoms with E-state index < -0.39 is 0 Å². The van der Waals surface area contributed by atoms with Crippen molar-refractivity contribution in [3.8, 4) is 0 Å². The van der Waals surface area contributed by atoms with Crippen molar-refractivity contribution in [2.75, 3.05) is 31.1 Å². The zero-order chi connectivity index (χ0) is 12.1. The molecule has 0 N–H and O–H groups in total. The van der Waals surface area contributed by atoms with Crippen LogP contribution in [0.3, 0.4) is 0 Å². The lowest BCUT2D eigenvalue weighted by molar-refractivity contribution is 0.112. The smallest absolute Gasteiger partial charge is 0.150 e. The van der Waals surface area contributed by atoms with E-state index in [2.05, 4.69) is 17.9 Å². The van der Waals surface area contributed by atoms with E-state index in [0.717, 1.165) is 24.8 Å². The molecule has 0 spiro atoms. The molecule has 1 saturated heterocycles. The molecule has 1 aliphatic rings. The minimum atomic E-state index is 0.778. The molecule has 92 valence electrons. The van der Waals surface area contributed by atoms with Crippen molar-refractivity contribution in [2.45, 2.75) is 13.3 Å². The van der Waals surface area contributed by atoms with Crippen LogP contribution in [0, 0.1) is 6.92 Å². The van der Waals surface area contributed by atoms with E-state index in [9.17, 15) is 4.79 Å². The molecule has 1 aliphatic heterocycles. The summed E-state index contributed by atoms with van der Waals surface area (Å²) in [7, 11) is 0.